The van der Waals surface area contributed by atoms with Crippen molar-refractivity contribution in [1.82, 2.24) is 10.6 Å². The summed E-state index contributed by atoms with van der Waals surface area (Å²) in [5, 5.41) is 6.57. The minimum atomic E-state index is -0.0544. The molecule has 116 valence electrons. The molecule has 21 heavy (non-hydrogen) atoms. The monoisotopic (exact) mass is 290 g/mol. The molecule has 1 aliphatic heterocycles. The summed E-state index contributed by atoms with van der Waals surface area (Å²) >= 11 is 0. The van der Waals surface area contributed by atoms with Crippen molar-refractivity contribution in [2.45, 2.75) is 39.2 Å². The smallest absolute Gasteiger partial charge is 0.255 e. The first kappa shape index (κ1) is 15.8. The lowest BCUT2D eigenvalue weighted by molar-refractivity contribution is 0.0938. The van der Waals surface area contributed by atoms with Crippen LogP contribution in [0, 0.1) is 5.92 Å². The lowest BCUT2D eigenvalue weighted by Gasteiger charge is -2.32. The Morgan fingerprint density at radius 1 is 1.38 bits per heavy atom. The van der Waals surface area contributed by atoms with Crippen LogP contribution in [0.2, 0.25) is 0 Å². The zero-order chi connectivity index (χ0) is 15.1. The van der Waals surface area contributed by atoms with Crippen LogP contribution in [0.4, 0.5) is 0 Å². The van der Waals surface area contributed by atoms with Crippen molar-refractivity contribution in [3.8, 4) is 5.75 Å². The fourth-order valence-electron chi connectivity index (χ4n) is 2.98. The molecular weight excluding hydrogens is 264 g/mol. The number of ether oxygens (including phenoxy) is 1. The van der Waals surface area contributed by atoms with Gasteiger partial charge in [0.1, 0.15) is 5.75 Å². The third kappa shape index (κ3) is 4.21. The maximum atomic E-state index is 12.4. The second kappa shape index (κ2) is 8.03. The van der Waals surface area contributed by atoms with Gasteiger partial charge >= 0.3 is 0 Å². The van der Waals surface area contributed by atoms with Crippen molar-refractivity contribution in [1.29, 1.82) is 0 Å². The van der Waals surface area contributed by atoms with E-state index in [1.807, 2.05) is 31.2 Å². The Labute approximate surface area is 127 Å². The number of amides is 1. The van der Waals surface area contributed by atoms with Crippen molar-refractivity contribution >= 4 is 5.91 Å². The molecule has 0 aliphatic carbocycles. The van der Waals surface area contributed by atoms with Gasteiger partial charge in [-0.3, -0.25) is 4.79 Å². The number of piperidine rings is 1. The van der Waals surface area contributed by atoms with Gasteiger partial charge in [-0.05, 0) is 44.4 Å². The molecular formula is C17H26N2O2. The van der Waals surface area contributed by atoms with Gasteiger partial charge in [0.25, 0.3) is 5.91 Å². The topological polar surface area (TPSA) is 50.4 Å². The molecule has 2 N–H and O–H groups in total. The molecule has 0 bridgehead atoms. The molecule has 0 saturated carbocycles. The Hall–Kier alpha value is -1.55. The van der Waals surface area contributed by atoms with E-state index in [9.17, 15) is 4.79 Å². The summed E-state index contributed by atoms with van der Waals surface area (Å²) in [4.78, 5) is 12.4. The third-order valence-corrected chi connectivity index (χ3v) is 4.17. The predicted octanol–water partition coefficient (Wildman–Crippen LogP) is 2.59. The van der Waals surface area contributed by atoms with Gasteiger partial charge in [-0.15, -0.1) is 0 Å². The fraction of sp³-hybridized carbons (Fsp3) is 0.588. The van der Waals surface area contributed by atoms with Crippen LogP contribution in [-0.4, -0.2) is 31.6 Å². The Balaban J connectivity index is 1.95. The first-order valence-corrected chi connectivity index (χ1v) is 7.99. The number of hydrogen-bond donors (Lipinski definition) is 2. The number of nitrogens with one attached hydrogen (secondary N) is 2. The summed E-state index contributed by atoms with van der Waals surface area (Å²) < 4.78 is 5.52. The molecule has 1 aliphatic rings. The fourth-order valence-corrected chi connectivity index (χ4v) is 2.98. The summed E-state index contributed by atoms with van der Waals surface area (Å²) in [7, 11) is 0. The van der Waals surface area contributed by atoms with E-state index < -0.39 is 0 Å². The highest BCUT2D eigenvalue weighted by molar-refractivity contribution is 5.96. The van der Waals surface area contributed by atoms with Gasteiger partial charge in [0.15, 0.2) is 0 Å². The van der Waals surface area contributed by atoms with E-state index in [2.05, 4.69) is 17.6 Å². The van der Waals surface area contributed by atoms with E-state index in [0.29, 0.717) is 36.4 Å². The molecule has 0 aromatic heterocycles. The van der Waals surface area contributed by atoms with Crippen molar-refractivity contribution < 1.29 is 9.53 Å². The van der Waals surface area contributed by atoms with Crippen LogP contribution in [0.25, 0.3) is 0 Å². The van der Waals surface area contributed by atoms with Gasteiger partial charge in [-0.2, -0.15) is 0 Å². The van der Waals surface area contributed by atoms with Crippen molar-refractivity contribution in [3.05, 3.63) is 29.8 Å². The summed E-state index contributed by atoms with van der Waals surface area (Å²) in [6.07, 6.45) is 3.64. The van der Waals surface area contributed by atoms with E-state index in [0.717, 1.165) is 13.0 Å². The predicted molar refractivity (Wildman–Crippen MR) is 84.7 cm³/mol. The minimum Gasteiger partial charge on any atom is -0.493 e. The Bertz CT molecular complexity index is 462. The van der Waals surface area contributed by atoms with E-state index in [-0.39, 0.29) is 5.91 Å². The molecule has 4 nitrogen and oxygen atoms in total. The number of benzene rings is 1. The SMILES string of the molecule is CCOc1ccccc1C(=O)NCC1NCCCC1CC. The van der Waals surface area contributed by atoms with Crippen molar-refractivity contribution in [3.63, 3.8) is 0 Å². The molecule has 1 aromatic carbocycles. The standard InChI is InChI=1S/C17H26N2O2/c1-3-13-8-7-11-18-15(13)12-19-17(20)14-9-5-6-10-16(14)21-4-2/h5-6,9-10,13,15,18H,3-4,7-8,11-12H2,1-2H3,(H,19,20). The van der Waals surface area contributed by atoms with E-state index >= 15 is 0 Å². The number of carbonyl (C=O) groups is 1. The summed E-state index contributed by atoms with van der Waals surface area (Å²) in [6, 6.07) is 7.78. The Morgan fingerprint density at radius 3 is 2.95 bits per heavy atom. The molecule has 1 heterocycles. The Morgan fingerprint density at radius 2 is 2.19 bits per heavy atom. The molecule has 1 saturated heterocycles. The van der Waals surface area contributed by atoms with Crippen LogP contribution in [0.1, 0.15) is 43.5 Å². The number of rotatable bonds is 6. The summed E-state index contributed by atoms with van der Waals surface area (Å²) in [5.41, 5.74) is 0.614. The molecule has 0 radical (unpaired) electrons. The minimum absolute atomic E-state index is 0.0544. The second-order valence-electron chi connectivity index (χ2n) is 5.51. The van der Waals surface area contributed by atoms with Crippen LogP contribution in [0.5, 0.6) is 5.75 Å². The molecule has 1 amide bonds. The second-order valence-corrected chi connectivity index (χ2v) is 5.51. The normalized spacial score (nSPS) is 21.8. The third-order valence-electron chi connectivity index (χ3n) is 4.17. The zero-order valence-electron chi connectivity index (χ0n) is 13.0. The molecule has 4 heteroatoms. The highest BCUT2D eigenvalue weighted by Gasteiger charge is 2.24. The van der Waals surface area contributed by atoms with E-state index in [1.54, 1.807) is 0 Å². The zero-order valence-corrected chi connectivity index (χ0v) is 13.0. The van der Waals surface area contributed by atoms with E-state index in [1.165, 1.54) is 12.8 Å². The lowest BCUT2D eigenvalue weighted by Crippen LogP contribution is -2.48. The molecule has 2 unspecified atom stereocenters. The summed E-state index contributed by atoms with van der Waals surface area (Å²) in [6.45, 7) is 6.43. The van der Waals surface area contributed by atoms with Crippen LogP contribution in [-0.2, 0) is 0 Å². The highest BCUT2D eigenvalue weighted by Crippen LogP contribution is 2.20. The average Bonchev–Trinajstić information content (AvgIpc) is 2.53. The van der Waals surface area contributed by atoms with Crippen LogP contribution in [0.15, 0.2) is 24.3 Å². The number of hydrogen-bond acceptors (Lipinski definition) is 3. The van der Waals surface area contributed by atoms with Gasteiger partial charge in [-0.1, -0.05) is 25.5 Å². The van der Waals surface area contributed by atoms with Gasteiger partial charge < -0.3 is 15.4 Å². The van der Waals surface area contributed by atoms with Gasteiger partial charge in [-0.25, -0.2) is 0 Å². The van der Waals surface area contributed by atoms with Gasteiger partial charge in [0.2, 0.25) is 0 Å². The highest BCUT2D eigenvalue weighted by atomic mass is 16.5. The van der Waals surface area contributed by atoms with Crippen LogP contribution >= 0.6 is 0 Å². The first-order chi connectivity index (χ1) is 10.3. The maximum absolute atomic E-state index is 12.4. The lowest BCUT2D eigenvalue weighted by atomic mass is 9.88. The molecule has 1 fully saturated rings. The molecule has 1 aromatic rings. The molecule has 0 spiro atoms. The number of para-hydroxylation sites is 1. The van der Waals surface area contributed by atoms with Crippen molar-refractivity contribution in [2.75, 3.05) is 19.7 Å². The maximum Gasteiger partial charge on any atom is 0.255 e. The largest absolute Gasteiger partial charge is 0.493 e. The Kier molecular flexibility index (Phi) is 6.05. The summed E-state index contributed by atoms with van der Waals surface area (Å²) in [5.74, 6) is 1.25. The first-order valence-electron chi connectivity index (χ1n) is 7.99. The van der Waals surface area contributed by atoms with Crippen LogP contribution in [0.3, 0.4) is 0 Å². The van der Waals surface area contributed by atoms with E-state index in [4.69, 9.17) is 4.74 Å². The van der Waals surface area contributed by atoms with Gasteiger partial charge in [0.05, 0.1) is 12.2 Å². The van der Waals surface area contributed by atoms with Crippen LogP contribution < -0.4 is 15.4 Å². The number of carbonyl (C=O) groups excluding carboxylic acids is 1. The van der Waals surface area contributed by atoms with Crippen molar-refractivity contribution in [2.24, 2.45) is 5.92 Å². The quantitative estimate of drug-likeness (QED) is 0.846. The average molecular weight is 290 g/mol. The molecule has 2 atom stereocenters. The molecule has 2 rings (SSSR count). The van der Waals surface area contributed by atoms with Gasteiger partial charge in [0, 0.05) is 12.6 Å².